The van der Waals surface area contributed by atoms with E-state index in [4.69, 9.17) is 9.47 Å². The maximum Gasteiger partial charge on any atom is 0.417 e. The average molecular weight is 406 g/mol. The van der Waals surface area contributed by atoms with Crippen molar-refractivity contribution >= 4 is 11.9 Å². The van der Waals surface area contributed by atoms with Gasteiger partial charge in [-0.05, 0) is 55.0 Å². The number of ether oxygens (including phenoxy) is 2. The minimum atomic E-state index is -4.58. The molecule has 0 atom stereocenters. The van der Waals surface area contributed by atoms with Crippen molar-refractivity contribution in [2.45, 2.75) is 32.9 Å². The number of alkyl halides is 3. The van der Waals surface area contributed by atoms with E-state index in [0.29, 0.717) is 16.7 Å². The molecule has 0 radical (unpaired) electrons. The van der Waals surface area contributed by atoms with Crippen LogP contribution in [0.2, 0.25) is 0 Å². The van der Waals surface area contributed by atoms with E-state index >= 15 is 0 Å². The summed E-state index contributed by atoms with van der Waals surface area (Å²) in [5, 5.41) is 0. The van der Waals surface area contributed by atoms with Crippen LogP contribution in [-0.2, 0) is 38.1 Å². The summed E-state index contributed by atoms with van der Waals surface area (Å²) in [6.45, 7) is 3.32. The van der Waals surface area contributed by atoms with Gasteiger partial charge >= 0.3 is 18.1 Å². The molecule has 2 aromatic carbocycles. The molecule has 0 N–H and O–H groups in total. The molecule has 29 heavy (non-hydrogen) atoms. The Hall–Kier alpha value is -2.83. The highest BCUT2D eigenvalue weighted by atomic mass is 19.4. The van der Waals surface area contributed by atoms with E-state index < -0.39 is 29.1 Å². The van der Waals surface area contributed by atoms with Gasteiger partial charge in [-0.25, -0.2) is 0 Å². The van der Waals surface area contributed by atoms with Crippen molar-refractivity contribution in [2.75, 3.05) is 13.2 Å². The molecule has 2 aromatic rings. The molecule has 0 aromatic heterocycles. The van der Waals surface area contributed by atoms with E-state index in [1.54, 1.807) is 44.2 Å². The molecule has 1 aliphatic rings. The molecular weight excluding hydrogens is 385 g/mol. The summed E-state index contributed by atoms with van der Waals surface area (Å²) in [6.07, 6.45) is -4.82. The summed E-state index contributed by atoms with van der Waals surface area (Å²) in [7, 11) is 0. The van der Waals surface area contributed by atoms with Crippen LogP contribution in [0.5, 0.6) is 0 Å². The summed E-state index contributed by atoms with van der Waals surface area (Å²) in [5.74, 6) is -1.55. The van der Waals surface area contributed by atoms with Crippen LogP contribution < -0.4 is 0 Å². The van der Waals surface area contributed by atoms with Gasteiger partial charge in [0.1, 0.15) is 0 Å². The summed E-state index contributed by atoms with van der Waals surface area (Å²) in [4.78, 5) is 25.3. The van der Waals surface area contributed by atoms with Crippen molar-refractivity contribution in [1.82, 2.24) is 0 Å². The average Bonchev–Trinajstić information content (AvgIpc) is 3.07. The first-order chi connectivity index (χ1) is 13.7. The third-order valence-corrected chi connectivity index (χ3v) is 5.05. The van der Waals surface area contributed by atoms with Gasteiger partial charge in [0.25, 0.3) is 0 Å². The Labute approximate surface area is 166 Å². The first-order valence-corrected chi connectivity index (χ1v) is 9.35. The van der Waals surface area contributed by atoms with Gasteiger partial charge in [-0.1, -0.05) is 36.4 Å². The van der Waals surface area contributed by atoms with Crippen LogP contribution in [0.1, 0.15) is 30.5 Å². The molecule has 3 rings (SSSR count). The number of rotatable bonds is 5. The van der Waals surface area contributed by atoms with E-state index in [1.165, 1.54) is 6.07 Å². The van der Waals surface area contributed by atoms with E-state index in [0.717, 1.165) is 6.07 Å². The second kappa shape index (κ2) is 7.89. The number of hydrogen-bond acceptors (Lipinski definition) is 4. The predicted octanol–water partition coefficient (Wildman–Crippen LogP) is 4.58. The molecule has 1 aliphatic carbocycles. The topological polar surface area (TPSA) is 52.6 Å². The lowest BCUT2D eigenvalue weighted by atomic mass is 9.84. The lowest BCUT2D eigenvalue weighted by Crippen LogP contribution is -2.43. The second-order valence-corrected chi connectivity index (χ2v) is 6.91. The molecule has 0 aliphatic heterocycles. The fourth-order valence-electron chi connectivity index (χ4n) is 3.73. The fraction of sp³-hybridized carbons (Fsp3) is 0.364. The van der Waals surface area contributed by atoms with Crippen LogP contribution in [0, 0.1) is 5.41 Å². The number of carbonyl (C=O) groups is 2. The quantitative estimate of drug-likeness (QED) is 0.539. The van der Waals surface area contributed by atoms with Gasteiger partial charge in [-0.2, -0.15) is 13.2 Å². The van der Waals surface area contributed by atoms with Gasteiger partial charge < -0.3 is 9.47 Å². The normalized spacial score (nSPS) is 14.9. The maximum absolute atomic E-state index is 13.8. The number of esters is 2. The van der Waals surface area contributed by atoms with E-state index in [-0.39, 0.29) is 31.6 Å². The summed E-state index contributed by atoms with van der Waals surface area (Å²) in [6, 6.07) is 10.7. The molecule has 0 heterocycles. The number of hydrogen-bond donors (Lipinski definition) is 0. The van der Waals surface area contributed by atoms with Crippen LogP contribution in [-0.4, -0.2) is 25.2 Å². The molecule has 0 saturated carbocycles. The Balaban J connectivity index is 2.13. The minimum Gasteiger partial charge on any atom is -0.465 e. The SMILES string of the molecule is CCOC(=O)C1(C(=O)OCC)Cc2cc(-c3ccccc3)c(C(F)(F)F)cc2C1. The highest BCUT2D eigenvalue weighted by Gasteiger charge is 2.53. The lowest BCUT2D eigenvalue weighted by Gasteiger charge is -2.23. The smallest absolute Gasteiger partial charge is 0.417 e. The van der Waals surface area contributed by atoms with Crippen molar-refractivity contribution in [3.8, 4) is 11.1 Å². The van der Waals surface area contributed by atoms with Crippen molar-refractivity contribution < 1.29 is 32.2 Å². The molecule has 0 fully saturated rings. The highest BCUT2D eigenvalue weighted by Crippen LogP contribution is 2.45. The Kier molecular flexibility index (Phi) is 5.68. The van der Waals surface area contributed by atoms with Crippen molar-refractivity contribution in [2.24, 2.45) is 5.41 Å². The number of carbonyl (C=O) groups excluding carboxylic acids is 2. The molecule has 0 unspecified atom stereocenters. The standard InChI is InChI=1S/C22H21F3O4/c1-3-28-19(26)21(20(27)29-4-2)12-15-10-17(14-8-6-5-7-9-14)18(22(23,24)25)11-16(15)13-21/h5-11H,3-4,12-13H2,1-2H3. The van der Waals surface area contributed by atoms with Gasteiger partial charge in [0.15, 0.2) is 5.41 Å². The third-order valence-electron chi connectivity index (χ3n) is 5.05. The third kappa shape index (κ3) is 3.86. The summed E-state index contributed by atoms with van der Waals surface area (Å²) >= 11 is 0. The first-order valence-electron chi connectivity index (χ1n) is 9.35. The monoisotopic (exact) mass is 406 g/mol. The molecule has 7 heteroatoms. The molecule has 0 saturated heterocycles. The maximum atomic E-state index is 13.8. The molecule has 154 valence electrons. The van der Waals surface area contributed by atoms with E-state index in [9.17, 15) is 22.8 Å². The number of benzene rings is 2. The van der Waals surface area contributed by atoms with Gasteiger partial charge in [0.2, 0.25) is 0 Å². The zero-order chi connectivity index (χ0) is 21.2. The lowest BCUT2D eigenvalue weighted by molar-refractivity contribution is -0.171. The van der Waals surface area contributed by atoms with Crippen LogP contribution in [0.25, 0.3) is 11.1 Å². The van der Waals surface area contributed by atoms with Crippen LogP contribution in [0.15, 0.2) is 42.5 Å². The van der Waals surface area contributed by atoms with Crippen LogP contribution in [0.4, 0.5) is 13.2 Å². The number of halogens is 3. The van der Waals surface area contributed by atoms with Crippen LogP contribution in [0.3, 0.4) is 0 Å². The molecule has 4 nitrogen and oxygen atoms in total. The first kappa shape index (κ1) is 20.9. The van der Waals surface area contributed by atoms with Crippen LogP contribution >= 0.6 is 0 Å². The van der Waals surface area contributed by atoms with E-state index in [1.807, 2.05) is 0 Å². The van der Waals surface area contributed by atoms with E-state index in [2.05, 4.69) is 0 Å². The highest BCUT2D eigenvalue weighted by molar-refractivity contribution is 6.01. The number of fused-ring (bicyclic) bond motifs is 1. The van der Waals surface area contributed by atoms with Crippen molar-refractivity contribution in [3.63, 3.8) is 0 Å². The Morgan fingerprint density at radius 3 is 1.93 bits per heavy atom. The molecular formula is C22H21F3O4. The fourth-order valence-corrected chi connectivity index (χ4v) is 3.73. The summed E-state index contributed by atoms with van der Waals surface area (Å²) < 4.78 is 51.5. The zero-order valence-corrected chi connectivity index (χ0v) is 16.1. The zero-order valence-electron chi connectivity index (χ0n) is 16.1. The molecule has 0 bridgehead atoms. The van der Waals surface area contributed by atoms with Crippen molar-refractivity contribution in [3.05, 3.63) is 59.2 Å². The Morgan fingerprint density at radius 2 is 1.45 bits per heavy atom. The summed E-state index contributed by atoms with van der Waals surface area (Å²) in [5.41, 5.74) is -1.22. The second-order valence-electron chi connectivity index (χ2n) is 6.91. The minimum absolute atomic E-state index is 0.0142. The van der Waals surface area contributed by atoms with Gasteiger partial charge in [0.05, 0.1) is 18.8 Å². The van der Waals surface area contributed by atoms with Gasteiger partial charge in [0, 0.05) is 0 Å². The van der Waals surface area contributed by atoms with Crippen molar-refractivity contribution in [1.29, 1.82) is 0 Å². The largest absolute Gasteiger partial charge is 0.465 e. The van der Waals surface area contributed by atoms with Gasteiger partial charge in [-0.3, -0.25) is 9.59 Å². The molecule has 0 amide bonds. The Bertz CT molecular complexity index is 902. The molecule has 0 spiro atoms. The predicted molar refractivity (Wildman–Crippen MR) is 100.0 cm³/mol. The van der Waals surface area contributed by atoms with Gasteiger partial charge in [-0.15, -0.1) is 0 Å². The Morgan fingerprint density at radius 1 is 0.931 bits per heavy atom.